The zero-order valence-corrected chi connectivity index (χ0v) is 17.2. The van der Waals surface area contributed by atoms with Crippen LogP contribution in [0, 0.1) is 0 Å². The number of fused-ring (bicyclic) bond motifs is 3. The van der Waals surface area contributed by atoms with E-state index in [2.05, 4.69) is 43.6 Å². The van der Waals surface area contributed by atoms with Crippen LogP contribution >= 0.6 is 21.6 Å². The second kappa shape index (κ2) is 6.84. The smallest absolute Gasteiger partial charge is 0.253 e. The van der Waals surface area contributed by atoms with Crippen LogP contribution in [-0.4, -0.2) is 27.8 Å². The van der Waals surface area contributed by atoms with Crippen molar-refractivity contribution in [2.24, 2.45) is 0 Å². The van der Waals surface area contributed by atoms with Crippen molar-refractivity contribution in [1.82, 2.24) is 0 Å². The Balaban J connectivity index is 0.00000161. The van der Waals surface area contributed by atoms with Gasteiger partial charge in [-0.2, -0.15) is 0 Å². The number of anilines is 1. The van der Waals surface area contributed by atoms with Crippen molar-refractivity contribution >= 4 is 42.8 Å². The highest BCUT2D eigenvalue weighted by molar-refractivity contribution is 8.84. The zero-order valence-electron chi connectivity index (χ0n) is 12.6. The zero-order chi connectivity index (χ0) is 14.3. The molecule has 0 bridgehead atoms. The number of hydrogen-bond donors (Lipinski definition) is 1. The van der Waals surface area contributed by atoms with Crippen molar-refractivity contribution < 1.29 is 28.7 Å². The molecule has 0 radical (unpaired) electrons. The van der Waals surface area contributed by atoms with Crippen LogP contribution in [0.4, 0.5) is 5.69 Å². The van der Waals surface area contributed by atoms with Crippen LogP contribution in [0.2, 0.25) is 0 Å². The molecule has 2 unspecified atom stereocenters. The molecule has 116 valence electrons. The summed E-state index contributed by atoms with van der Waals surface area (Å²) in [6.07, 6.45) is 2.19. The monoisotopic (exact) mass is 453 g/mol. The van der Waals surface area contributed by atoms with E-state index < -0.39 is 0 Å². The van der Waals surface area contributed by atoms with Gasteiger partial charge in [-0.25, -0.2) is 0 Å². The Morgan fingerprint density at radius 2 is 2.14 bits per heavy atom. The standard InChI is InChI=1S/C15H20NOS3.HI/c1-5-17-9-6-7-11-10(8-9)12-13(15(2,3)16-11)19-20-14(12)18-4;/h6-8,12-13,16H,5H2,1-4H3;1H/q+1;/p-1. The molecule has 1 saturated heterocycles. The molecule has 0 saturated carbocycles. The van der Waals surface area contributed by atoms with Gasteiger partial charge in [0.1, 0.15) is 5.75 Å². The first-order valence-electron chi connectivity index (χ1n) is 6.86. The van der Waals surface area contributed by atoms with Crippen LogP contribution in [0.3, 0.4) is 0 Å². The Bertz CT molecular complexity index is 562. The fourth-order valence-electron chi connectivity index (χ4n) is 2.90. The van der Waals surface area contributed by atoms with Gasteiger partial charge in [-0.3, -0.25) is 0 Å². The van der Waals surface area contributed by atoms with Gasteiger partial charge < -0.3 is 34.0 Å². The lowest BCUT2D eigenvalue weighted by Crippen LogP contribution is -3.00. The lowest BCUT2D eigenvalue weighted by molar-refractivity contribution is -0.00000471. The second-order valence-electron chi connectivity index (χ2n) is 5.63. The quantitative estimate of drug-likeness (QED) is 0.312. The van der Waals surface area contributed by atoms with Gasteiger partial charge in [0, 0.05) is 22.0 Å². The van der Waals surface area contributed by atoms with E-state index in [0.717, 1.165) is 5.75 Å². The van der Waals surface area contributed by atoms with E-state index in [4.69, 9.17) is 4.74 Å². The molecule has 0 aliphatic carbocycles. The fraction of sp³-hybridized carbons (Fsp3) is 0.533. The predicted molar refractivity (Wildman–Crippen MR) is 95.3 cm³/mol. The van der Waals surface area contributed by atoms with Crippen molar-refractivity contribution in [3.63, 3.8) is 0 Å². The van der Waals surface area contributed by atoms with Crippen molar-refractivity contribution in [3.05, 3.63) is 23.8 Å². The van der Waals surface area contributed by atoms with Crippen molar-refractivity contribution in [1.29, 1.82) is 0 Å². The molecule has 6 heteroatoms. The van der Waals surface area contributed by atoms with E-state index in [-0.39, 0.29) is 29.5 Å². The SMILES string of the molecule is CCOc1ccc2c(c1)C1C(=[S+]C)SSC1C(C)(C)N2.[I-]. The lowest BCUT2D eigenvalue weighted by Gasteiger charge is -2.41. The molecule has 1 aromatic rings. The number of nitrogens with one attached hydrogen (secondary N) is 1. The molecule has 2 atom stereocenters. The second-order valence-corrected chi connectivity index (χ2v) is 9.12. The summed E-state index contributed by atoms with van der Waals surface area (Å²) in [5.74, 6) is 1.49. The van der Waals surface area contributed by atoms with Crippen LogP contribution < -0.4 is 34.0 Å². The van der Waals surface area contributed by atoms with E-state index >= 15 is 0 Å². The largest absolute Gasteiger partial charge is 1.00 e. The molecule has 2 aliphatic heterocycles. The first-order valence-corrected chi connectivity index (χ1v) is 10.3. The highest BCUT2D eigenvalue weighted by Crippen LogP contribution is 2.57. The van der Waals surface area contributed by atoms with Crippen LogP contribution in [0.15, 0.2) is 18.2 Å². The molecule has 2 heterocycles. The van der Waals surface area contributed by atoms with Crippen LogP contribution in [0.1, 0.15) is 32.3 Å². The van der Waals surface area contributed by atoms with Gasteiger partial charge in [0.25, 0.3) is 4.20 Å². The molecule has 2 nitrogen and oxygen atoms in total. The van der Waals surface area contributed by atoms with E-state index in [1.165, 1.54) is 15.4 Å². The molecule has 1 aromatic carbocycles. The highest BCUT2D eigenvalue weighted by atomic mass is 127. The van der Waals surface area contributed by atoms with Gasteiger partial charge in [-0.05, 0) is 44.5 Å². The maximum absolute atomic E-state index is 5.68. The summed E-state index contributed by atoms with van der Waals surface area (Å²) >= 11 is 1.89. The Kier molecular flexibility index (Phi) is 5.77. The van der Waals surface area contributed by atoms with Gasteiger partial charge in [-0.1, -0.05) is 10.8 Å². The third-order valence-electron chi connectivity index (χ3n) is 3.83. The maximum Gasteiger partial charge on any atom is 0.253 e. The number of hydrogen-bond acceptors (Lipinski definition) is 4. The van der Waals surface area contributed by atoms with E-state index in [1.54, 1.807) is 0 Å². The number of rotatable bonds is 2. The number of ether oxygens (including phenoxy) is 1. The molecule has 1 fully saturated rings. The van der Waals surface area contributed by atoms with E-state index in [0.29, 0.717) is 17.8 Å². The summed E-state index contributed by atoms with van der Waals surface area (Å²) in [5, 5.41) is 4.28. The first-order chi connectivity index (χ1) is 9.56. The predicted octanol–water partition coefficient (Wildman–Crippen LogP) is 0.983. The Hall–Kier alpha value is 0.340. The molecule has 3 rings (SSSR count). The Morgan fingerprint density at radius 1 is 1.38 bits per heavy atom. The van der Waals surface area contributed by atoms with Crippen molar-refractivity contribution in [2.45, 2.75) is 37.5 Å². The average molecular weight is 453 g/mol. The van der Waals surface area contributed by atoms with Crippen LogP contribution in [-0.2, 0) is 11.4 Å². The summed E-state index contributed by atoms with van der Waals surface area (Å²) in [6, 6.07) is 6.46. The molecule has 0 spiro atoms. The first kappa shape index (κ1) is 17.7. The minimum Gasteiger partial charge on any atom is -1.00 e. The normalized spacial score (nSPS) is 27.3. The van der Waals surface area contributed by atoms with Crippen molar-refractivity contribution in [2.75, 3.05) is 18.2 Å². The average Bonchev–Trinajstić information content (AvgIpc) is 2.85. The molecule has 0 aromatic heterocycles. The molecular weight excluding hydrogens is 433 g/mol. The Labute approximate surface area is 155 Å². The highest BCUT2D eigenvalue weighted by Gasteiger charge is 2.52. The minimum absolute atomic E-state index is 0. The van der Waals surface area contributed by atoms with E-state index in [9.17, 15) is 0 Å². The van der Waals surface area contributed by atoms with Gasteiger partial charge >= 0.3 is 0 Å². The third kappa shape index (κ3) is 3.19. The van der Waals surface area contributed by atoms with Gasteiger partial charge in [0.05, 0.1) is 17.8 Å². The Morgan fingerprint density at radius 3 is 2.81 bits per heavy atom. The molecule has 21 heavy (non-hydrogen) atoms. The van der Waals surface area contributed by atoms with Gasteiger partial charge in [-0.15, -0.1) is 0 Å². The lowest BCUT2D eigenvalue weighted by atomic mass is 9.81. The summed E-state index contributed by atoms with van der Waals surface area (Å²) in [5.41, 5.74) is 2.76. The number of benzene rings is 1. The summed E-state index contributed by atoms with van der Waals surface area (Å²) in [4.78, 5) is 0. The third-order valence-corrected chi connectivity index (χ3v) is 8.58. The summed E-state index contributed by atoms with van der Waals surface area (Å²) < 4.78 is 7.20. The molecule has 1 N–H and O–H groups in total. The van der Waals surface area contributed by atoms with Crippen molar-refractivity contribution in [3.8, 4) is 5.75 Å². The van der Waals surface area contributed by atoms with Crippen LogP contribution in [0.25, 0.3) is 0 Å². The number of halogens is 1. The fourth-order valence-corrected chi connectivity index (χ4v) is 8.05. The summed E-state index contributed by atoms with van der Waals surface area (Å²) in [7, 11) is 3.95. The molecule has 2 aliphatic rings. The van der Waals surface area contributed by atoms with E-state index in [1.807, 2.05) is 39.9 Å². The summed E-state index contributed by atoms with van der Waals surface area (Å²) in [6.45, 7) is 7.36. The minimum atomic E-state index is 0. The molecule has 0 amide bonds. The van der Waals surface area contributed by atoms with Gasteiger partial charge in [0.2, 0.25) is 0 Å². The van der Waals surface area contributed by atoms with Crippen LogP contribution in [0.5, 0.6) is 5.75 Å². The van der Waals surface area contributed by atoms with Gasteiger partial charge in [0.15, 0.2) is 17.6 Å². The maximum atomic E-state index is 5.68. The molecular formula is C15H20INOS3. The topological polar surface area (TPSA) is 21.3 Å².